The van der Waals surface area contributed by atoms with Crippen LogP contribution in [0.15, 0.2) is 37.4 Å². The molecule has 2 aromatic heterocycles. The number of thioether (sulfide) groups is 1. The molecule has 3 aromatic rings. The van der Waals surface area contributed by atoms with Crippen LogP contribution in [0.4, 0.5) is 0 Å². The largest absolute Gasteiger partial charge is 0.423 e. The summed E-state index contributed by atoms with van der Waals surface area (Å²) in [7, 11) is 1.63. The average molecular weight is 404 g/mol. The Morgan fingerprint density at radius 2 is 2.07 bits per heavy atom. The molecule has 28 heavy (non-hydrogen) atoms. The van der Waals surface area contributed by atoms with Crippen molar-refractivity contribution in [1.82, 2.24) is 14.8 Å². The van der Waals surface area contributed by atoms with Gasteiger partial charge in [-0.2, -0.15) is 0 Å². The van der Waals surface area contributed by atoms with E-state index >= 15 is 0 Å². The average Bonchev–Trinajstić information content (AvgIpc) is 2.99. The number of aryl methyl sites for hydroxylation is 1. The summed E-state index contributed by atoms with van der Waals surface area (Å²) in [5.41, 5.74) is 3.17. The van der Waals surface area contributed by atoms with Crippen molar-refractivity contribution in [3.05, 3.63) is 55.8 Å². The second-order valence-corrected chi connectivity index (χ2v) is 7.99. The van der Waals surface area contributed by atoms with Crippen molar-refractivity contribution in [2.45, 2.75) is 50.6 Å². The van der Waals surface area contributed by atoms with Crippen LogP contribution < -0.4 is 11.3 Å². The van der Waals surface area contributed by atoms with Gasteiger partial charge >= 0.3 is 11.3 Å². The number of aromatic nitrogens is 3. The van der Waals surface area contributed by atoms with Gasteiger partial charge in [-0.1, -0.05) is 25.6 Å². The Morgan fingerprint density at radius 3 is 2.79 bits per heavy atom. The lowest BCUT2D eigenvalue weighted by Crippen LogP contribution is -2.18. The van der Waals surface area contributed by atoms with Crippen LogP contribution in [0.25, 0.3) is 11.0 Å². The Hall–Kier alpha value is -2.32. The molecule has 0 aliphatic carbocycles. The van der Waals surface area contributed by atoms with Crippen molar-refractivity contribution in [2.75, 3.05) is 13.7 Å². The first-order chi connectivity index (χ1) is 13.4. The van der Waals surface area contributed by atoms with Gasteiger partial charge in [-0.25, -0.2) is 14.7 Å². The van der Waals surface area contributed by atoms with Gasteiger partial charge in [0.25, 0.3) is 0 Å². The van der Waals surface area contributed by atoms with E-state index in [-0.39, 0.29) is 11.3 Å². The summed E-state index contributed by atoms with van der Waals surface area (Å²) < 4.78 is 12.1. The number of ether oxygens (including phenoxy) is 1. The van der Waals surface area contributed by atoms with E-state index < -0.39 is 0 Å². The van der Waals surface area contributed by atoms with Crippen LogP contribution in [0.1, 0.15) is 42.9 Å². The lowest BCUT2D eigenvalue weighted by molar-refractivity contribution is 0.189. The molecule has 0 atom stereocenters. The highest BCUT2D eigenvalue weighted by Crippen LogP contribution is 2.29. The summed E-state index contributed by atoms with van der Waals surface area (Å²) in [4.78, 5) is 24.0. The first-order valence-corrected chi connectivity index (χ1v) is 10.2. The second-order valence-electron chi connectivity index (χ2n) is 7.05. The molecule has 1 aromatic carbocycles. The van der Waals surface area contributed by atoms with E-state index in [1.165, 1.54) is 23.4 Å². The molecule has 150 valence electrons. The fourth-order valence-electron chi connectivity index (χ4n) is 3.25. The number of methoxy groups -OCH3 is 1. The Bertz CT molecular complexity index is 1080. The zero-order valence-electron chi connectivity index (χ0n) is 16.6. The first kappa shape index (κ1) is 20.4. The van der Waals surface area contributed by atoms with Gasteiger partial charge in [-0.15, -0.1) is 5.10 Å². The summed E-state index contributed by atoms with van der Waals surface area (Å²) >= 11 is 1.42. The molecular weight excluding hydrogens is 378 g/mol. The molecule has 0 radical (unpaired) electrons. The third kappa shape index (κ3) is 4.39. The maximum Gasteiger partial charge on any atom is 0.343 e. The molecule has 0 amide bonds. The van der Waals surface area contributed by atoms with Gasteiger partial charge in [0.05, 0.1) is 0 Å². The fraction of sp³-hybridized carbons (Fsp3) is 0.450. The molecule has 7 nitrogen and oxygen atoms in total. The Labute approximate surface area is 167 Å². The van der Waals surface area contributed by atoms with Crippen molar-refractivity contribution < 1.29 is 9.15 Å². The minimum absolute atomic E-state index is 0.242. The predicted molar refractivity (Wildman–Crippen MR) is 110 cm³/mol. The zero-order valence-corrected chi connectivity index (χ0v) is 17.4. The number of fused-ring (bicyclic) bond motifs is 1. The molecule has 0 bridgehead atoms. The molecule has 0 aliphatic heterocycles. The first-order valence-electron chi connectivity index (χ1n) is 9.25. The van der Waals surface area contributed by atoms with Crippen LogP contribution in [0, 0.1) is 6.92 Å². The van der Waals surface area contributed by atoms with Gasteiger partial charge in [0.2, 0.25) is 0 Å². The molecule has 0 unspecified atom stereocenters. The maximum absolute atomic E-state index is 12.0. The van der Waals surface area contributed by atoms with Crippen molar-refractivity contribution in [2.24, 2.45) is 0 Å². The van der Waals surface area contributed by atoms with Gasteiger partial charge in [0, 0.05) is 37.5 Å². The zero-order chi connectivity index (χ0) is 20.3. The summed E-state index contributed by atoms with van der Waals surface area (Å²) in [6.07, 6.45) is 0.721. The lowest BCUT2D eigenvalue weighted by Gasteiger charge is -2.13. The minimum atomic E-state index is -0.376. The van der Waals surface area contributed by atoms with E-state index in [1.54, 1.807) is 11.7 Å². The molecule has 2 heterocycles. The third-order valence-corrected chi connectivity index (χ3v) is 5.67. The number of nitrogens with one attached hydrogen (secondary N) is 1. The predicted octanol–water partition coefficient (Wildman–Crippen LogP) is 3.44. The fourth-order valence-corrected chi connectivity index (χ4v) is 4.22. The summed E-state index contributed by atoms with van der Waals surface area (Å²) in [6.45, 7) is 7.41. The standard InChI is InChI=1S/C20H25N3O4S/c1-12(2)15-10-16-14(9-18(24)27-17(16)8-13(15)3)11-28-20-22-21-19(25)23(20)6-5-7-26-4/h8-10,12H,5-7,11H2,1-4H3,(H,21,25). The van der Waals surface area contributed by atoms with E-state index in [9.17, 15) is 9.59 Å². The Balaban J connectivity index is 1.92. The van der Waals surface area contributed by atoms with Crippen LogP contribution in [0.2, 0.25) is 0 Å². The third-order valence-electron chi connectivity index (χ3n) is 4.65. The summed E-state index contributed by atoms with van der Waals surface area (Å²) in [5.74, 6) is 0.881. The van der Waals surface area contributed by atoms with Crippen LogP contribution >= 0.6 is 11.8 Å². The van der Waals surface area contributed by atoms with E-state index in [0.717, 1.165) is 22.9 Å². The molecular formula is C20H25N3O4S. The molecule has 1 N–H and O–H groups in total. The molecule has 0 spiro atoms. The van der Waals surface area contributed by atoms with Crippen LogP contribution in [0.3, 0.4) is 0 Å². The minimum Gasteiger partial charge on any atom is -0.423 e. The molecule has 0 saturated carbocycles. The number of hydrogen-bond acceptors (Lipinski definition) is 6. The number of rotatable bonds is 8. The second kappa shape index (κ2) is 8.79. The number of H-pyrrole nitrogens is 1. The van der Waals surface area contributed by atoms with Crippen molar-refractivity contribution in [1.29, 1.82) is 0 Å². The molecule has 0 saturated heterocycles. The van der Waals surface area contributed by atoms with Gasteiger partial charge < -0.3 is 9.15 Å². The molecule has 0 fully saturated rings. The highest BCUT2D eigenvalue weighted by atomic mass is 32.2. The SMILES string of the molecule is COCCCn1c(SCc2cc(=O)oc3cc(C)c(C(C)C)cc23)n[nH]c1=O. The molecule has 8 heteroatoms. The van der Waals surface area contributed by atoms with E-state index in [0.29, 0.717) is 35.6 Å². The molecule has 3 rings (SSSR count). The number of benzene rings is 1. The van der Waals surface area contributed by atoms with Gasteiger partial charge in [-0.3, -0.25) is 4.57 Å². The van der Waals surface area contributed by atoms with Gasteiger partial charge in [0.15, 0.2) is 5.16 Å². The van der Waals surface area contributed by atoms with Crippen molar-refractivity contribution >= 4 is 22.7 Å². The van der Waals surface area contributed by atoms with E-state index in [2.05, 4.69) is 30.1 Å². The lowest BCUT2D eigenvalue weighted by atomic mass is 9.95. The monoisotopic (exact) mass is 403 g/mol. The van der Waals surface area contributed by atoms with Crippen LogP contribution in [-0.4, -0.2) is 28.5 Å². The topological polar surface area (TPSA) is 90.1 Å². The molecule has 0 aliphatic rings. The normalized spacial score (nSPS) is 11.6. The van der Waals surface area contributed by atoms with Gasteiger partial charge in [-0.05, 0) is 48.1 Å². The Kier molecular flexibility index (Phi) is 6.41. The number of nitrogens with zero attached hydrogens (tertiary/aromatic N) is 2. The Morgan fingerprint density at radius 1 is 1.29 bits per heavy atom. The van der Waals surface area contributed by atoms with Crippen LogP contribution in [-0.2, 0) is 17.0 Å². The highest BCUT2D eigenvalue weighted by molar-refractivity contribution is 7.98. The quantitative estimate of drug-likeness (QED) is 0.352. The highest BCUT2D eigenvalue weighted by Gasteiger charge is 2.14. The number of hydrogen-bond donors (Lipinski definition) is 1. The van der Waals surface area contributed by atoms with Crippen molar-refractivity contribution in [3.63, 3.8) is 0 Å². The number of aromatic amines is 1. The van der Waals surface area contributed by atoms with Crippen molar-refractivity contribution in [3.8, 4) is 0 Å². The smallest absolute Gasteiger partial charge is 0.343 e. The summed E-state index contributed by atoms with van der Waals surface area (Å²) in [5, 5.41) is 8.13. The maximum atomic E-state index is 12.0. The summed E-state index contributed by atoms with van der Waals surface area (Å²) in [6, 6.07) is 5.55. The van der Waals surface area contributed by atoms with Crippen LogP contribution in [0.5, 0.6) is 0 Å². The van der Waals surface area contributed by atoms with E-state index in [1.807, 2.05) is 13.0 Å². The van der Waals surface area contributed by atoms with Gasteiger partial charge in [0.1, 0.15) is 5.58 Å². The van der Waals surface area contributed by atoms with E-state index in [4.69, 9.17) is 9.15 Å².